The number of aliphatic carboxylic acids is 1. The van der Waals surface area contributed by atoms with Crippen LogP contribution in [0.15, 0.2) is 42.9 Å². The summed E-state index contributed by atoms with van der Waals surface area (Å²) < 4.78 is 0. The van der Waals surface area contributed by atoms with Gasteiger partial charge in [0.05, 0.1) is 35.5 Å². The number of nitrogens with zero attached hydrogens (tertiary/aromatic N) is 4. The Morgan fingerprint density at radius 2 is 2.00 bits per heavy atom. The minimum absolute atomic E-state index is 0.0367. The number of benzene rings is 1. The third-order valence-corrected chi connectivity index (χ3v) is 4.53. The summed E-state index contributed by atoms with van der Waals surface area (Å²) in [5.74, 6) is -1.52. The van der Waals surface area contributed by atoms with E-state index in [1.54, 1.807) is 12.1 Å². The number of nitrogen functional groups attached to an aromatic ring is 1. The molecule has 0 spiro atoms. The molecule has 1 aliphatic heterocycles. The smallest absolute Gasteiger partial charge is 0.326 e. The summed E-state index contributed by atoms with van der Waals surface area (Å²) in [4.78, 5) is 41.6. The number of aromatic nitrogens is 4. The Hall–Kier alpha value is -3.75. The van der Waals surface area contributed by atoms with Crippen LogP contribution in [0.4, 0.5) is 5.95 Å². The zero-order valence-electron chi connectivity index (χ0n) is 14.2. The van der Waals surface area contributed by atoms with Crippen molar-refractivity contribution in [3.05, 3.63) is 59.8 Å². The van der Waals surface area contributed by atoms with Crippen molar-refractivity contribution in [3.63, 3.8) is 0 Å². The van der Waals surface area contributed by atoms with Crippen LogP contribution in [-0.2, 0) is 17.8 Å². The fourth-order valence-electron chi connectivity index (χ4n) is 3.19. The van der Waals surface area contributed by atoms with E-state index in [0.717, 1.165) is 5.69 Å². The van der Waals surface area contributed by atoms with E-state index in [1.165, 1.54) is 17.4 Å². The van der Waals surface area contributed by atoms with Crippen molar-refractivity contribution in [3.8, 4) is 11.3 Å². The van der Waals surface area contributed by atoms with Gasteiger partial charge in [0.25, 0.3) is 5.91 Å². The van der Waals surface area contributed by atoms with Crippen LogP contribution < -0.4 is 5.73 Å². The van der Waals surface area contributed by atoms with E-state index in [9.17, 15) is 14.7 Å². The second-order valence-electron chi connectivity index (χ2n) is 6.18. The predicted molar refractivity (Wildman–Crippen MR) is 95.5 cm³/mol. The van der Waals surface area contributed by atoms with Crippen LogP contribution in [-0.4, -0.2) is 47.9 Å². The summed E-state index contributed by atoms with van der Waals surface area (Å²) in [6, 6.07) is 8.07. The van der Waals surface area contributed by atoms with Crippen molar-refractivity contribution in [2.75, 3.05) is 5.73 Å². The zero-order chi connectivity index (χ0) is 19.0. The van der Waals surface area contributed by atoms with Crippen molar-refractivity contribution in [2.45, 2.75) is 19.0 Å². The molecule has 0 saturated heterocycles. The van der Waals surface area contributed by atoms with Crippen LogP contribution in [0.5, 0.6) is 0 Å². The van der Waals surface area contributed by atoms with Crippen molar-refractivity contribution in [2.24, 2.45) is 0 Å². The molecule has 1 atom stereocenters. The van der Waals surface area contributed by atoms with E-state index < -0.39 is 17.9 Å². The van der Waals surface area contributed by atoms with Crippen LogP contribution in [0.3, 0.4) is 0 Å². The topological polar surface area (TPSA) is 138 Å². The van der Waals surface area contributed by atoms with E-state index in [1.807, 2.05) is 18.2 Å². The maximum absolute atomic E-state index is 13.3. The van der Waals surface area contributed by atoms with Gasteiger partial charge in [-0.2, -0.15) is 0 Å². The molecule has 0 radical (unpaired) electrons. The van der Waals surface area contributed by atoms with Gasteiger partial charge in [-0.25, -0.2) is 19.7 Å². The fraction of sp³-hybridized carbons (Fsp3) is 0.167. The van der Waals surface area contributed by atoms with Crippen molar-refractivity contribution < 1.29 is 14.7 Å². The number of carbonyl (C=O) groups excluding carboxylic acids is 1. The molecule has 2 aromatic heterocycles. The number of anilines is 1. The molecule has 0 aliphatic carbocycles. The average molecular weight is 364 g/mol. The minimum Gasteiger partial charge on any atom is -0.480 e. The molecule has 136 valence electrons. The fourth-order valence-corrected chi connectivity index (χ4v) is 3.19. The Morgan fingerprint density at radius 3 is 2.74 bits per heavy atom. The van der Waals surface area contributed by atoms with Crippen LogP contribution in [0.1, 0.15) is 21.7 Å². The lowest BCUT2D eigenvalue weighted by Crippen LogP contribution is -2.49. The van der Waals surface area contributed by atoms with Gasteiger partial charge in [-0.3, -0.25) is 4.79 Å². The molecule has 4 N–H and O–H groups in total. The second kappa shape index (κ2) is 6.52. The molecular weight excluding hydrogens is 348 g/mol. The number of amides is 1. The zero-order valence-corrected chi connectivity index (χ0v) is 14.2. The highest BCUT2D eigenvalue weighted by Crippen LogP contribution is 2.27. The first-order valence-corrected chi connectivity index (χ1v) is 8.27. The summed E-state index contributed by atoms with van der Waals surface area (Å²) in [7, 11) is 0. The highest BCUT2D eigenvalue weighted by Gasteiger charge is 2.37. The standard InChI is InChI=1S/C18H16N6O3/c19-18-20-7-11(15(23-18)10-4-2-1-3-5-10)16(25)24-8-13-12(21-9-22-13)6-14(24)17(26)27/h1-5,7,9,14H,6,8H2,(H,21,22)(H,26,27)(H2,19,20,23). The Kier molecular flexibility index (Phi) is 4.03. The predicted octanol–water partition coefficient (Wildman–Crippen LogP) is 1.10. The van der Waals surface area contributed by atoms with Gasteiger partial charge in [-0.15, -0.1) is 0 Å². The van der Waals surface area contributed by atoms with E-state index in [-0.39, 0.29) is 24.5 Å². The van der Waals surface area contributed by atoms with E-state index in [0.29, 0.717) is 17.0 Å². The number of imidazole rings is 1. The van der Waals surface area contributed by atoms with E-state index in [4.69, 9.17) is 5.73 Å². The number of hydrogen-bond donors (Lipinski definition) is 3. The molecule has 9 heteroatoms. The van der Waals surface area contributed by atoms with Gasteiger partial charge in [0.15, 0.2) is 0 Å². The first-order chi connectivity index (χ1) is 13.0. The molecule has 3 aromatic rings. The van der Waals surface area contributed by atoms with Gasteiger partial charge in [-0.1, -0.05) is 30.3 Å². The van der Waals surface area contributed by atoms with Gasteiger partial charge in [0, 0.05) is 18.2 Å². The number of aromatic amines is 1. The number of carboxylic acids is 1. The van der Waals surface area contributed by atoms with Crippen LogP contribution >= 0.6 is 0 Å². The third kappa shape index (κ3) is 2.99. The summed E-state index contributed by atoms with van der Waals surface area (Å²) >= 11 is 0. The summed E-state index contributed by atoms with van der Waals surface area (Å²) in [6.07, 6.45) is 2.98. The van der Waals surface area contributed by atoms with Gasteiger partial charge < -0.3 is 20.7 Å². The highest BCUT2D eigenvalue weighted by atomic mass is 16.4. The quantitative estimate of drug-likeness (QED) is 0.632. The molecule has 3 heterocycles. The lowest BCUT2D eigenvalue weighted by atomic mass is 10.00. The Morgan fingerprint density at radius 1 is 1.22 bits per heavy atom. The molecule has 4 rings (SSSR count). The number of carbonyl (C=O) groups is 2. The lowest BCUT2D eigenvalue weighted by molar-refractivity contribution is -0.142. The van der Waals surface area contributed by atoms with Crippen LogP contribution in [0, 0.1) is 0 Å². The Balaban J connectivity index is 1.77. The molecule has 27 heavy (non-hydrogen) atoms. The summed E-state index contributed by atoms with van der Waals surface area (Å²) in [6.45, 7) is 0.115. The monoisotopic (exact) mass is 364 g/mol. The summed E-state index contributed by atoms with van der Waals surface area (Å²) in [5, 5.41) is 9.61. The molecule has 0 bridgehead atoms. The van der Waals surface area contributed by atoms with E-state index in [2.05, 4.69) is 19.9 Å². The van der Waals surface area contributed by atoms with Gasteiger partial charge in [0.1, 0.15) is 6.04 Å². The third-order valence-electron chi connectivity index (χ3n) is 4.53. The molecule has 0 fully saturated rings. The summed E-state index contributed by atoms with van der Waals surface area (Å²) in [5.41, 5.74) is 8.35. The number of nitrogens with two attached hydrogens (primary N) is 1. The maximum Gasteiger partial charge on any atom is 0.326 e. The SMILES string of the molecule is Nc1ncc(C(=O)N2Cc3[nH]cnc3CC2C(=O)O)c(-c2ccccc2)n1. The van der Waals surface area contributed by atoms with Crippen molar-refractivity contribution in [1.29, 1.82) is 0 Å². The van der Waals surface area contributed by atoms with E-state index >= 15 is 0 Å². The van der Waals surface area contributed by atoms with Gasteiger partial charge in [-0.05, 0) is 0 Å². The second-order valence-corrected chi connectivity index (χ2v) is 6.18. The molecule has 9 nitrogen and oxygen atoms in total. The largest absolute Gasteiger partial charge is 0.480 e. The number of carboxylic acid groups (broad SMARTS) is 1. The van der Waals surface area contributed by atoms with Crippen LogP contribution in [0.25, 0.3) is 11.3 Å². The number of rotatable bonds is 3. The lowest BCUT2D eigenvalue weighted by Gasteiger charge is -2.32. The van der Waals surface area contributed by atoms with Crippen molar-refractivity contribution >= 4 is 17.8 Å². The number of H-pyrrole nitrogens is 1. The number of hydrogen-bond acceptors (Lipinski definition) is 6. The Bertz CT molecular complexity index is 1020. The maximum atomic E-state index is 13.3. The van der Waals surface area contributed by atoms with Crippen LogP contribution in [0.2, 0.25) is 0 Å². The average Bonchev–Trinajstić information content (AvgIpc) is 3.14. The van der Waals surface area contributed by atoms with Gasteiger partial charge >= 0.3 is 5.97 Å². The molecule has 1 aliphatic rings. The highest BCUT2D eigenvalue weighted by molar-refractivity contribution is 6.01. The number of nitrogens with one attached hydrogen (secondary N) is 1. The first-order valence-electron chi connectivity index (χ1n) is 8.27. The normalized spacial score (nSPS) is 16.0. The molecule has 0 saturated carbocycles. The van der Waals surface area contributed by atoms with Crippen molar-refractivity contribution in [1.82, 2.24) is 24.8 Å². The molecule has 1 unspecified atom stereocenters. The minimum atomic E-state index is -1.09. The molecular formula is C18H16N6O3. The van der Waals surface area contributed by atoms with Gasteiger partial charge in [0.2, 0.25) is 5.95 Å². The molecule has 1 amide bonds. The first kappa shape index (κ1) is 16.7. The Labute approximate surface area is 153 Å². The molecule has 1 aromatic carbocycles. The number of fused-ring (bicyclic) bond motifs is 1.